The van der Waals surface area contributed by atoms with Crippen molar-refractivity contribution >= 4 is 17.5 Å². The summed E-state index contributed by atoms with van der Waals surface area (Å²) < 4.78 is 0. The second-order valence-electron chi connectivity index (χ2n) is 3.97. The van der Waals surface area contributed by atoms with E-state index in [1.165, 1.54) is 6.07 Å². The minimum atomic E-state index is -1.02. The highest BCUT2D eigenvalue weighted by molar-refractivity contribution is 5.98. The van der Waals surface area contributed by atoms with Gasteiger partial charge in [0.15, 0.2) is 0 Å². The zero-order chi connectivity index (χ0) is 13.7. The minimum absolute atomic E-state index is 0.0492. The number of benzene rings is 1. The van der Waals surface area contributed by atoms with Crippen molar-refractivity contribution in [3.63, 3.8) is 0 Å². The first-order chi connectivity index (χ1) is 8.43. The van der Waals surface area contributed by atoms with Gasteiger partial charge in [0.2, 0.25) is 11.8 Å². The highest BCUT2D eigenvalue weighted by Crippen LogP contribution is 2.24. The standard InChI is InChI=1S/C12H17N3O3/c1-2-7-3-4-10(16)9(5-7)15-12(18)8(13)6-11(14)17/h3-5,8,16H,2,6,13H2,1H3,(H2,14,17)(H,15,18). The fourth-order valence-corrected chi connectivity index (χ4v) is 1.44. The van der Waals surface area contributed by atoms with Crippen LogP contribution in [0, 0.1) is 0 Å². The normalized spacial score (nSPS) is 11.9. The van der Waals surface area contributed by atoms with Gasteiger partial charge in [-0.2, -0.15) is 0 Å². The number of amides is 2. The molecule has 0 bridgehead atoms. The number of carbonyl (C=O) groups excluding carboxylic acids is 2. The summed E-state index contributed by atoms with van der Waals surface area (Å²) in [5.74, 6) is -1.26. The van der Waals surface area contributed by atoms with Gasteiger partial charge in [-0.15, -0.1) is 0 Å². The van der Waals surface area contributed by atoms with E-state index in [-0.39, 0.29) is 17.9 Å². The average Bonchev–Trinajstić information content (AvgIpc) is 2.31. The topological polar surface area (TPSA) is 118 Å². The van der Waals surface area contributed by atoms with Crippen LogP contribution in [0.15, 0.2) is 18.2 Å². The summed E-state index contributed by atoms with van der Waals surface area (Å²) in [6.45, 7) is 1.96. The molecule has 0 saturated heterocycles. The molecule has 1 aromatic carbocycles. The van der Waals surface area contributed by atoms with Crippen LogP contribution in [0.4, 0.5) is 5.69 Å². The molecule has 6 nitrogen and oxygen atoms in total. The number of aryl methyl sites for hydroxylation is 1. The van der Waals surface area contributed by atoms with Crippen LogP contribution in [0.25, 0.3) is 0 Å². The predicted molar refractivity (Wildman–Crippen MR) is 67.9 cm³/mol. The molecule has 0 heterocycles. The number of rotatable bonds is 5. The number of aromatic hydroxyl groups is 1. The molecule has 6 N–H and O–H groups in total. The van der Waals surface area contributed by atoms with Gasteiger partial charge in [-0.3, -0.25) is 9.59 Å². The number of hydrogen-bond donors (Lipinski definition) is 4. The molecule has 1 atom stereocenters. The van der Waals surface area contributed by atoms with E-state index in [4.69, 9.17) is 11.5 Å². The highest BCUT2D eigenvalue weighted by Gasteiger charge is 2.17. The Balaban J connectivity index is 2.77. The molecule has 0 aliphatic carbocycles. The Bertz CT molecular complexity index is 460. The smallest absolute Gasteiger partial charge is 0.241 e. The second kappa shape index (κ2) is 6.02. The first-order valence-electron chi connectivity index (χ1n) is 5.60. The van der Waals surface area contributed by atoms with Crippen LogP contribution in [0.5, 0.6) is 5.75 Å². The van der Waals surface area contributed by atoms with Crippen molar-refractivity contribution in [2.75, 3.05) is 5.32 Å². The first-order valence-corrected chi connectivity index (χ1v) is 5.60. The summed E-state index contributed by atoms with van der Waals surface area (Å²) >= 11 is 0. The Kier molecular flexibility index (Phi) is 4.67. The van der Waals surface area contributed by atoms with Crippen molar-refractivity contribution in [3.8, 4) is 5.75 Å². The lowest BCUT2D eigenvalue weighted by Gasteiger charge is -2.12. The van der Waals surface area contributed by atoms with Gasteiger partial charge < -0.3 is 21.9 Å². The van der Waals surface area contributed by atoms with E-state index in [2.05, 4.69) is 5.32 Å². The fraction of sp³-hybridized carbons (Fsp3) is 0.333. The lowest BCUT2D eigenvalue weighted by molar-refractivity contribution is -0.123. The lowest BCUT2D eigenvalue weighted by atomic mass is 10.1. The van der Waals surface area contributed by atoms with E-state index in [0.717, 1.165) is 12.0 Å². The number of anilines is 1. The Labute approximate surface area is 105 Å². The summed E-state index contributed by atoms with van der Waals surface area (Å²) in [6, 6.07) is 3.89. The van der Waals surface area contributed by atoms with Gasteiger partial charge in [-0.1, -0.05) is 13.0 Å². The minimum Gasteiger partial charge on any atom is -0.506 e. The van der Waals surface area contributed by atoms with Gasteiger partial charge in [0.05, 0.1) is 18.2 Å². The molecule has 0 aliphatic heterocycles. The quantitative estimate of drug-likeness (QED) is 0.555. The van der Waals surface area contributed by atoms with Crippen LogP contribution < -0.4 is 16.8 Å². The van der Waals surface area contributed by atoms with E-state index < -0.39 is 17.9 Å². The maximum atomic E-state index is 11.6. The van der Waals surface area contributed by atoms with Crippen LogP contribution in [0.2, 0.25) is 0 Å². The molecule has 98 valence electrons. The molecule has 0 fully saturated rings. The summed E-state index contributed by atoms with van der Waals surface area (Å²) in [4.78, 5) is 22.3. The predicted octanol–water partition coefficient (Wildman–Crippen LogP) is 0.0958. The number of phenolic OH excluding ortho intramolecular Hbond substituents is 1. The third kappa shape index (κ3) is 3.74. The van der Waals surface area contributed by atoms with Crippen LogP contribution in [0.3, 0.4) is 0 Å². The molecule has 0 spiro atoms. The Morgan fingerprint density at radius 3 is 2.67 bits per heavy atom. The van der Waals surface area contributed by atoms with Gasteiger partial charge in [-0.05, 0) is 24.1 Å². The molecule has 0 aliphatic rings. The molecule has 0 radical (unpaired) electrons. The average molecular weight is 251 g/mol. The van der Waals surface area contributed by atoms with Crippen LogP contribution in [-0.2, 0) is 16.0 Å². The Hall–Kier alpha value is -2.08. The molecule has 6 heteroatoms. The Morgan fingerprint density at radius 1 is 1.44 bits per heavy atom. The van der Waals surface area contributed by atoms with Crippen molar-refractivity contribution in [1.82, 2.24) is 0 Å². The zero-order valence-corrected chi connectivity index (χ0v) is 10.1. The van der Waals surface area contributed by atoms with Crippen molar-refractivity contribution < 1.29 is 14.7 Å². The van der Waals surface area contributed by atoms with E-state index in [1.807, 2.05) is 6.92 Å². The molecule has 1 rings (SSSR count). The largest absolute Gasteiger partial charge is 0.506 e. The number of primary amides is 1. The number of hydrogen-bond acceptors (Lipinski definition) is 4. The van der Waals surface area contributed by atoms with Gasteiger partial charge >= 0.3 is 0 Å². The van der Waals surface area contributed by atoms with Crippen molar-refractivity contribution in [2.45, 2.75) is 25.8 Å². The van der Waals surface area contributed by atoms with E-state index in [1.54, 1.807) is 12.1 Å². The summed E-state index contributed by atoms with van der Waals surface area (Å²) in [5.41, 5.74) is 11.7. The number of phenols is 1. The van der Waals surface area contributed by atoms with E-state index >= 15 is 0 Å². The molecule has 2 amide bonds. The molecule has 1 unspecified atom stereocenters. The maximum Gasteiger partial charge on any atom is 0.241 e. The van der Waals surface area contributed by atoms with E-state index in [9.17, 15) is 14.7 Å². The zero-order valence-electron chi connectivity index (χ0n) is 10.1. The lowest BCUT2D eigenvalue weighted by Crippen LogP contribution is -2.39. The summed E-state index contributed by atoms with van der Waals surface area (Å²) in [7, 11) is 0. The van der Waals surface area contributed by atoms with Crippen LogP contribution >= 0.6 is 0 Å². The van der Waals surface area contributed by atoms with Crippen molar-refractivity contribution in [1.29, 1.82) is 0 Å². The summed E-state index contributed by atoms with van der Waals surface area (Å²) in [6.07, 6.45) is 0.538. The highest BCUT2D eigenvalue weighted by atomic mass is 16.3. The van der Waals surface area contributed by atoms with Crippen LogP contribution in [0.1, 0.15) is 18.9 Å². The molecular formula is C12H17N3O3. The van der Waals surface area contributed by atoms with Crippen molar-refractivity contribution in [3.05, 3.63) is 23.8 Å². The SMILES string of the molecule is CCc1ccc(O)c(NC(=O)C(N)CC(N)=O)c1. The van der Waals surface area contributed by atoms with Gasteiger partial charge in [0.25, 0.3) is 0 Å². The van der Waals surface area contributed by atoms with Gasteiger partial charge in [0.1, 0.15) is 5.75 Å². The Morgan fingerprint density at radius 2 is 2.11 bits per heavy atom. The monoisotopic (exact) mass is 251 g/mol. The number of nitrogens with two attached hydrogens (primary N) is 2. The summed E-state index contributed by atoms with van der Waals surface area (Å²) in [5, 5.41) is 12.1. The van der Waals surface area contributed by atoms with Crippen molar-refractivity contribution in [2.24, 2.45) is 11.5 Å². The maximum absolute atomic E-state index is 11.6. The third-order valence-electron chi connectivity index (χ3n) is 2.48. The molecule has 0 saturated carbocycles. The second-order valence-corrected chi connectivity index (χ2v) is 3.97. The van der Waals surface area contributed by atoms with Gasteiger partial charge in [0, 0.05) is 0 Å². The first kappa shape index (κ1) is 14.0. The number of carbonyl (C=O) groups is 2. The fourth-order valence-electron chi connectivity index (χ4n) is 1.44. The third-order valence-corrected chi connectivity index (χ3v) is 2.48. The molecule has 0 aromatic heterocycles. The molecular weight excluding hydrogens is 234 g/mol. The molecule has 1 aromatic rings. The van der Waals surface area contributed by atoms with E-state index in [0.29, 0.717) is 0 Å². The van der Waals surface area contributed by atoms with Gasteiger partial charge in [-0.25, -0.2) is 0 Å². The molecule has 18 heavy (non-hydrogen) atoms. The van der Waals surface area contributed by atoms with Crippen LogP contribution in [-0.4, -0.2) is 23.0 Å². The number of nitrogens with one attached hydrogen (secondary N) is 1.